The SMILES string of the molecule is CC(C)c1nc(C=Cc2cc(F)c(F)c(F)c2)ncc1C(=O)O. The molecule has 0 saturated carbocycles. The summed E-state index contributed by atoms with van der Waals surface area (Å²) in [6, 6.07) is 1.67. The Bertz CT molecular complexity index is 766. The van der Waals surface area contributed by atoms with Crippen molar-refractivity contribution in [1.29, 1.82) is 0 Å². The molecule has 0 radical (unpaired) electrons. The molecule has 2 aromatic rings. The average Bonchev–Trinajstić information content (AvgIpc) is 2.49. The molecule has 0 unspecified atom stereocenters. The van der Waals surface area contributed by atoms with Crippen LogP contribution in [0.1, 0.15) is 47.2 Å². The Morgan fingerprint density at radius 1 is 1.17 bits per heavy atom. The van der Waals surface area contributed by atoms with Crippen molar-refractivity contribution >= 4 is 18.1 Å². The minimum atomic E-state index is -1.54. The molecule has 0 aliphatic rings. The topological polar surface area (TPSA) is 63.1 Å². The lowest BCUT2D eigenvalue weighted by molar-refractivity contribution is 0.0694. The molecule has 7 heteroatoms. The molecule has 0 spiro atoms. The van der Waals surface area contributed by atoms with Gasteiger partial charge in [-0.25, -0.2) is 27.9 Å². The fraction of sp³-hybridized carbons (Fsp3) is 0.188. The van der Waals surface area contributed by atoms with E-state index in [1.807, 2.05) is 0 Å². The highest BCUT2D eigenvalue weighted by Gasteiger charge is 2.15. The van der Waals surface area contributed by atoms with Gasteiger partial charge in [-0.05, 0) is 29.7 Å². The predicted octanol–water partition coefficient (Wildman–Crippen LogP) is 3.89. The van der Waals surface area contributed by atoms with E-state index < -0.39 is 23.4 Å². The highest BCUT2D eigenvalue weighted by atomic mass is 19.2. The van der Waals surface area contributed by atoms with E-state index in [2.05, 4.69) is 9.97 Å². The number of nitrogens with zero attached hydrogens (tertiary/aromatic N) is 2. The molecule has 0 bridgehead atoms. The van der Waals surface area contributed by atoms with Crippen molar-refractivity contribution in [2.75, 3.05) is 0 Å². The van der Waals surface area contributed by atoms with Gasteiger partial charge in [-0.2, -0.15) is 0 Å². The molecule has 2 rings (SSSR count). The Labute approximate surface area is 130 Å². The van der Waals surface area contributed by atoms with E-state index in [1.54, 1.807) is 13.8 Å². The van der Waals surface area contributed by atoms with E-state index in [-0.39, 0.29) is 22.9 Å². The lowest BCUT2D eigenvalue weighted by Gasteiger charge is -2.08. The molecular weight excluding hydrogens is 309 g/mol. The molecule has 23 heavy (non-hydrogen) atoms. The van der Waals surface area contributed by atoms with Crippen LogP contribution in [0.5, 0.6) is 0 Å². The molecule has 0 atom stereocenters. The lowest BCUT2D eigenvalue weighted by atomic mass is 10.1. The molecule has 0 aliphatic heterocycles. The van der Waals surface area contributed by atoms with Crippen molar-refractivity contribution in [2.24, 2.45) is 0 Å². The second-order valence-corrected chi connectivity index (χ2v) is 5.12. The number of hydrogen-bond acceptors (Lipinski definition) is 3. The van der Waals surface area contributed by atoms with Crippen LogP contribution in [0, 0.1) is 17.5 Å². The van der Waals surface area contributed by atoms with Crippen LogP contribution in [0.25, 0.3) is 12.2 Å². The van der Waals surface area contributed by atoms with Crippen LogP contribution >= 0.6 is 0 Å². The summed E-state index contributed by atoms with van der Waals surface area (Å²) in [6.07, 6.45) is 3.85. The minimum Gasteiger partial charge on any atom is -0.478 e. The fourth-order valence-electron chi connectivity index (χ4n) is 1.94. The van der Waals surface area contributed by atoms with Gasteiger partial charge in [-0.1, -0.05) is 19.9 Å². The van der Waals surface area contributed by atoms with Crippen molar-refractivity contribution in [3.05, 3.63) is 58.4 Å². The number of carboxylic acid groups (broad SMARTS) is 1. The Kier molecular flexibility index (Phi) is 4.78. The van der Waals surface area contributed by atoms with Gasteiger partial charge in [0.15, 0.2) is 23.3 Å². The second kappa shape index (κ2) is 6.60. The van der Waals surface area contributed by atoms with Gasteiger partial charge in [0.05, 0.1) is 11.3 Å². The van der Waals surface area contributed by atoms with E-state index in [0.717, 1.165) is 12.1 Å². The normalized spacial score (nSPS) is 11.4. The highest BCUT2D eigenvalue weighted by molar-refractivity contribution is 5.88. The summed E-state index contributed by atoms with van der Waals surface area (Å²) in [7, 11) is 0. The van der Waals surface area contributed by atoms with Gasteiger partial charge in [-0.3, -0.25) is 0 Å². The first kappa shape index (κ1) is 16.7. The number of aromatic nitrogens is 2. The van der Waals surface area contributed by atoms with Crippen LogP contribution < -0.4 is 0 Å². The maximum Gasteiger partial charge on any atom is 0.339 e. The first-order valence-corrected chi connectivity index (χ1v) is 6.72. The Hall–Kier alpha value is -2.70. The quantitative estimate of drug-likeness (QED) is 0.868. The van der Waals surface area contributed by atoms with Gasteiger partial charge < -0.3 is 5.11 Å². The molecule has 4 nitrogen and oxygen atoms in total. The molecule has 1 heterocycles. The van der Waals surface area contributed by atoms with Gasteiger partial charge in [-0.15, -0.1) is 0 Å². The summed E-state index contributed by atoms with van der Waals surface area (Å²) in [5.74, 6) is -5.22. The summed E-state index contributed by atoms with van der Waals surface area (Å²) in [6.45, 7) is 3.57. The molecule has 120 valence electrons. The van der Waals surface area contributed by atoms with Crippen LogP contribution in [-0.2, 0) is 0 Å². The second-order valence-electron chi connectivity index (χ2n) is 5.12. The van der Waals surface area contributed by atoms with Crippen LogP contribution in [-0.4, -0.2) is 21.0 Å². The van der Waals surface area contributed by atoms with Gasteiger partial charge in [0.2, 0.25) is 0 Å². The van der Waals surface area contributed by atoms with Crippen molar-refractivity contribution in [3.63, 3.8) is 0 Å². The maximum absolute atomic E-state index is 13.1. The Morgan fingerprint density at radius 3 is 2.30 bits per heavy atom. The van der Waals surface area contributed by atoms with Crippen molar-refractivity contribution < 1.29 is 23.1 Å². The number of aromatic carboxylic acids is 1. The molecule has 0 fully saturated rings. The smallest absolute Gasteiger partial charge is 0.339 e. The summed E-state index contributed by atoms with van der Waals surface area (Å²) >= 11 is 0. The zero-order chi connectivity index (χ0) is 17.1. The van der Waals surface area contributed by atoms with E-state index in [0.29, 0.717) is 5.69 Å². The minimum absolute atomic E-state index is 0.00368. The Balaban J connectivity index is 2.37. The predicted molar refractivity (Wildman–Crippen MR) is 78.3 cm³/mol. The van der Waals surface area contributed by atoms with Crippen molar-refractivity contribution in [1.82, 2.24) is 9.97 Å². The average molecular weight is 322 g/mol. The zero-order valence-electron chi connectivity index (χ0n) is 12.3. The number of rotatable bonds is 4. The van der Waals surface area contributed by atoms with Crippen LogP contribution in [0.2, 0.25) is 0 Å². The number of benzene rings is 1. The van der Waals surface area contributed by atoms with Gasteiger partial charge >= 0.3 is 5.97 Å². The summed E-state index contributed by atoms with van der Waals surface area (Å²) in [5.41, 5.74) is 0.443. The largest absolute Gasteiger partial charge is 0.478 e. The number of hydrogen-bond donors (Lipinski definition) is 1. The Morgan fingerprint density at radius 2 is 1.78 bits per heavy atom. The monoisotopic (exact) mass is 322 g/mol. The molecular formula is C16H13F3N2O2. The third-order valence-corrected chi connectivity index (χ3v) is 3.05. The third-order valence-electron chi connectivity index (χ3n) is 3.05. The molecule has 0 saturated heterocycles. The van der Waals surface area contributed by atoms with Crippen molar-refractivity contribution in [3.8, 4) is 0 Å². The van der Waals surface area contributed by atoms with E-state index in [1.165, 1.54) is 18.3 Å². The fourth-order valence-corrected chi connectivity index (χ4v) is 1.94. The number of halogens is 3. The van der Waals surface area contributed by atoms with Crippen molar-refractivity contribution in [2.45, 2.75) is 19.8 Å². The number of carbonyl (C=O) groups is 1. The van der Waals surface area contributed by atoms with E-state index in [9.17, 15) is 18.0 Å². The van der Waals surface area contributed by atoms with Crippen LogP contribution in [0.3, 0.4) is 0 Å². The van der Waals surface area contributed by atoms with Crippen LogP contribution in [0.4, 0.5) is 13.2 Å². The molecule has 1 aromatic heterocycles. The van der Waals surface area contributed by atoms with Gasteiger partial charge in [0.25, 0.3) is 0 Å². The zero-order valence-corrected chi connectivity index (χ0v) is 12.3. The van der Waals surface area contributed by atoms with Gasteiger partial charge in [0, 0.05) is 6.20 Å². The standard InChI is InChI=1S/C16H13F3N2O2/c1-8(2)15-10(16(22)23)7-20-13(21-15)4-3-9-5-11(17)14(19)12(18)6-9/h3-8H,1-2H3,(H,22,23). The summed E-state index contributed by atoms with van der Waals surface area (Å²) in [5, 5.41) is 9.08. The highest BCUT2D eigenvalue weighted by Crippen LogP contribution is 2.18. The van der Waals surface area contributed by atoms with E-state index >= 15 is 0 Å². The lowest BCUT2D eigenvalue weighted by Crippen LogP contribution is -2.08. The summed E-state index contributed by atoms with van der Waals surface area (Å²) in [4.78, 5) is 19.1. The number of carboxylic acids is 1. The van der Waals surface area contributed by atoms with Crippen LogP contribution in [0.15, 0.2) is 18.3 Å². The first-order chi connectivity index (χ1) is 10.8. The maximum atomic E-state index is 13.1. The summed E-state index contributed by atoms with van der Waals surface area (Å²) < 4.78 is 39.1. The molecule has 0 amide bonds. The molecule has 0 aliphatic carbocycles. The third kappa shape index (κ3) is 3.74. The van der Waals surface area contributed by atoms with Gasteiger partial charge in [0.1, 0.15) is 0 Å². The van der Waals surface area contributed by atoms with E-state index in [4.69, 9.17) is 5.11 Å². The molecule has 1 aromatic carbocycles. The molecule has 1 N–H and O–H groups in total. The first-order valence-electron chi connectivity index (χ1n) is 6.72.